The van der Waals surface area contributed by atoms with Gasteiger partial charge < -0.3 is 19.1 Å². The molecular formula is C21H26N4O5. The Balaban J connectivity index is 1.91. The Bertz CT molecular complexity index is 922. The number of fused-ring (bicyclic) bond motifs is 1. The molecule has 30 heavy (non-hydrogen) atoms. The van der Waals surface area contributed by atoms with Gasteiger partial charge in [0, 0.05) is 50.3 Å². The molecule has 1 aromatic heterocycles. The smallest absolute Gasteiger partial charge is 0.269 e. The molecule has 0 saturated carbocycles. The predicted octanol–water partition coefficient (Wildman–Crippen LogP) is 2.21. The maximum atomic E-state index is 13.3. The Morgan fingerprint density at radius 3 is 2.53 bits per heavy atom. The van der Waals surface area contributed by atoms with Gasteiger partial charge in [0.05, 0.1) is 11.0 Å². The van der Waals surface area contributed by atoms with Crippen molar-refractivity contribution in [3.63, 3.8) is 0 Å². The molecule has 0 saturated heterocycles. The first-order valence-electron chi connectivity index (χ1n) is 9.80. The molecule has 0 radical (unpaired) electrons. The second-order valence-electron chi connectivity index (χ2n) is 7.51. The van der Waals surface area contributed by atoms with Crippen LogP contribution in [0.5, 0.6) is 0 Å². The molecule has 160 valence electrons. The minimum Gasteiger partial charge on any atom is -0.375 e. The summed E-state index contributed by atoms with van der Waals surface area (Å²) in [5.74, 6) is -0.419. The van der Waals surface area contributed by atoms with Crippen LogP contribution >= 0.6 is 0 Å². The van der Waals surface area contributed by atoms with Gasteiger partial charge in [-0.3, -0.25) is 19.7 Å². The molecule has 2 aromatic rings. The van der Waals surface area contributed by atoms with Gasteiger partial charge >= 0.3 is 0 Å². The number of methoxy groups -OCH3 is 1. The lowest BCUT2D eigenvalue weighted by molar-refractivity contribution is -0.384. The number of carbonyl (C=O) groups excluding carboxylic acids is 2. The van der Waals surface area contributed by atoms with E-state index in [2.05, 4.69) is 4.57 Å². The van der Waals surface area contributed by atoms with Gasteiger partial charge in [-0.25, -0.2) is 0 Å². The van der Waals surface area contributed by atoms with E-state index in [1.54, 1.807) is 17.0 Å². The number of carbonyl (C=O) groups is 2. The summed E-state index contributed by atoms with van der Waals surface area (Å²) >= 11 is 0. The van der Waals surface area contributed by atoms with Crippen LogP contribution in [0.2, 0.25) is 0 Å². The van der Waals surface area contributed by atoms with E-state index in [1.807, 2.05) is 32.2 Å². The molecular weight excluding hydrogens is 388 g/mol. The van der Waals surface area contributed by atoms with Crippen molar-refractivity contribution in [2.24, 2.45) is 0 Å². The van der Waals surface area contributed by atoms with E-state index in [0.717, 1.165) is 11.3 Å². The Labute approximate surface area is 175 Å². The van der Waals surface area contributed by atoms with E-state index in [4.69, 9.17) is 4.74 Å². The lowest BCUT2D eigenvalue weighted by Crippen LogP contribution is -2.50. The zero-order valence-corrected chi connectivity index (χ0v) is 17.4. The van der Waals surface area contributed by atoms with Crippen LogP contribution in [0.4, 0.5) is 5.69 Å². The van der Waals surface area contributed by atoms with Crippen LogP contribution in [-0.2, 0) is 20.9 Å². The van der Waals surface area contributed by atoms with Crippen molar-refractivity contribution in [1.29, 1.82) is 0 Å². The highest BCUT2D eigenvalue weighted by atomic mass is 16.6. The summed E-state index contributed by atoms with van der Waals surface area (Å²) in [5, 5.41) is 11.0. The molecule has 2 amide bonds. The van der Waals surface area contributed by atoms with Crippen LogP contribution in [0.3, 0.4) is 0 Å². The quantitative estimate of drug-likeness (QED) is 0.511. The SMILES string of the molecule is COCC(=O)N(CC(=O)N1CCn2cccc2[C@@H]1c1ccc([N+](=O)[O-])cc1)C(C)C. The lowest BCUT2D eigenvalue weighted by atomic mass is 9.99. The van der Waals surface area contributed by atoms with Crippen LogP contribution in [0, 0.1) is 10.1 Å². The van der Waals surface area contributed by atoms with E-state index in [-0.39, 0.29) is 42.7 Å². The van der Waals surface area contributed by atoms with Gasteiger partial charge in [-0.1, -0.05) is 0 Å². The van der Waals surface area contributed by atoms with Crippen molar-refractivity contribution < 1.29 is 19.2 Å². The number of nitrogens with zero attached hydrogens (tertiary/aromatic N) is 4. The number of ether oxygens (including phenoxy) is 1. The van der Waals surface area contributed by atoms with Crippen LogP contribution in [0.25, 0.3) is 0 Å². The monoisotopic (exact) mass is 414 g/mol. The van der Waals surface area contributed by atoms with Crippen molar-refractivity contribution in [1.82, 2.24) is 14.4 Å². The Morgan fingerprint density at radius 2 is 1.93 bits per heavy atom. The number of hydrogen-bond acceptors (Lipinski definition) is 5. The highest BCUT2D eigenvalue weighted by Gasteiger charge is 2.34. The summed E-state index contributed by atoms with van der Waals surface area (Å²) in [5.41, 5.74) is 1.72. The molecule has 0 bridgehead atoms. The first-order valence-corrected chi connectivity index (χ1v) is 9.80. The molecule has 9 nitrogen and oxygen atoms in total. The molecule has 0 aliphatic carbocycles. The van der Waals surface area contributed by atoms with Gasteiger partial charge in [0.1, 0.15) is 13.2 Å². The third kappa shape index (κ3) is 4.35. The highest BCUT2D eigenvalue weighted by molar-refractivity contribution is 5.86. The topological polar surface area (TPSA) is 97.9 Å². The average molecular weight is 414 g/mol. The largest absolute Gasteiger partial charge is 0.375 e. The van der Waals surface area contributed by atoms with E-state index in [0.29, 0.717) is 13.1 Å². The van der Waals surface area contributed by atoms with Gasteiger partial charge in [-0.15, -0.1) is 0 Å². The summed E-state index contributed by atoms with van der Waals surface area (Å²) in [6, 6.07) is 9.60. The lowest BCUT2D eigenvalue weighted by Gasteiger charge is -2.39. The third-order valence-corrected chi connectivity index (χ3v) is 5.30. The molecule has 0 spiro atoms. The zero-order chi connectivity index (χ0) is 21.8. The summed E-state index contributed by atoms with van der Waals surface area (Å²) < 4.78 is 7.02. The van der Waals surface area contributed by atoms with Crippen LogP contribution in [-0.4, -0.2) is 64.0 Å². The van der Waals surface area contributed by atoms with Gasteiger partial charge in [-0.2, -0.15) is 0 Å². The number of benzene rings is 1. The maximum absolute atomic E-state index is 13.3. The van der Waals surface area contributed by atoms with Gasteiger partial charge in [0.15, 0.2) is 0 Å². The normalized spacial score (nSPS) is 15.7. The zero-order valence-electron chi connectivity index (χ0n) is 17.4. The van der Waals surface area contributed by atoms with Crippen molar-refractivity contribution in [3.05, 3.63) is 64.0 Å². The summed E-state index contributed by atoms with van der Waals surface area (Å²) in [4.78, 5) is 39.5. The van der Waals surface area contributed by atoms with E-state index >= 15 is 0 Å². The number of hydrogen-bond donors (Lipinski definition) is 0. The predicted molar refractivity (Wildman–Crippen MR) is 110 cm³/mol. The van der Waals surface area contributed by atoms with E-state index in [9.17, 15) is 19.7 Å². The van der Waals surface area contributed by atoms with Crippen molar-refractivity contribution in [2.75, 3.05) is 26.8 Å². The molecule has 2 heterocycles. The summed E-state index contributed by atoms with van der Waals surface area (Å²) in [6.45, 7) is 4.70. The number of nitro benzene ring substituents is 1. The molecule has 1 aromatic carbocycles. The minimum absolute atomic E-state index is 0.000959. The molecule has 0 fully saturated rings. The first kappa shape index (κ1) is 21.5. The van der Waals surface area contributed by atoms with Crippen LogP contribution in [0.1, 0.15) is 31.1 Å². The van der Waals surface area contributed by atoms with Gasteiger partial charge in [-0.05, 0) is 43.7 Å². The first-order chi connectivity index (χ1) is 14.3. The van der Waals surface area contributed by atoms with Crippen LogP contribution < -0.4 is 0 Å². The average Bonchev–Trinajstić information content (AvgIpc) is 3.19. The Hall–Kier alpha value is -3.20. The van der Waals surface area contributed by atoms with Crippen molar-refractivity contribution in [2.45, 2.75) is 32.5 Å². The number of non-ortho nitro benzene ring substituents is 1. The van der Waals surface area contributed by atoms with Crippen molar-refractivity contribution in [3.8, 4) is 0 Å². The minimum atomic E-state index is -0.446. The number of nitro groups is 1. The molecule has 3 rings (SSSR count). The molecule has 0 unspecified atom stereocenters. The second kappa shape index (κ2) is 9.08. The fourth-order valence-corrected chi connectivity index (χ4v) is 3.78. The second-order valence-corrected chi connectivity index (χ2v) is 7.51. The molecule has 0 N–H and O–H groups in total. The molecule has 9 heteroatoms. The highest BCUT2D eigenvalue weighted by Crippen LogP contribution is 2.33. The number of amides is 2. The van der Waals surface area contributed by atoms with Crippen LogP contribution in [0.15, 0.2) is 42.6 Å². The molecule has 1 aliphatic heterocycles. The summed E-state index contributed by atoms with van der Waals surface area (Å²) in [7, 11) is 1.45. The van der Waals surface area contributed by atoms with E-state index in [1.165, 1.54) is 24.1 Å². The Morgan fingerprint density at radius 1 is 1.23 bits per heavy atom. The van der Waals surface area contributed by atoms with Crippen molar-refractivity contribution >= 4 is 17.5 Å². The number of rotatable bonds is 7. The number of aromatic nitrogens is 1. The summed E-state index contributed by atoms with van der Waals surface area (Å²) in [6.07, 6.45) is 1.96. The third-order valence-electron chi connectivity index (χ3n) is 5.30. The molecule has 1 atom stereocenters. The van der Waals surface area contributed by atoms with Gasteiger partial charge in [0.2, 0.25) is 11.8 Å². The molecule has 1 aliphatic rings. The standard InChI is InChI=1S/C21H26N4O5/c1-15(2)24(20(27)14-30-3)13-19(26)23-12-11-22-10-4-5-18(22)21(23)16-6-8-17(9-7-16)25(28)29/h4-10,15,21H,11-14H2,1-3H3/t21-/m0/s1. The fourth-order valence-electron chi connectivity index (χ4n) is 3.78. The Kier molecular flexibility index (Phi) is 6.51. The maximum Gasteiger partial charge on any atom is 0.269 e. The van der Waals surface area contributed by atoms with E-state index < -0.39 is 4.92 Å². The fraction of sp³-hybridized carbons (Fsp3) is 0.429. The van der Waals surface area contributed by atoms with Gasteiger partial charge in [0.25, 0.3) is 5.69 Å².